The molecule has 8 heteroatoms. The fourth-order valence-corrected chi connectivity index (χ4v) is 4.66. The van der Waals surface area contributed by atoms with Crippen LogP contribution in [-0.4, -0.2) is 55.8 Å². The van der Waals surface area contributed by atoms with E-state index in [1.54, 1.807) is 11.1 Å². The van der Waals surface area contributed by atoms with Crippen LogP contribution in [0.15, 0.2) is 48.7 Å². The van der Waals surface area contributed by atoms with E-state index >= 15 is 0 Å². The number of amides is 2. The summed E-state index contributed by atoms with van der Waals surface area (Å²) in [6.45, 7) is 3.01. The number of carbonyl (C=O) groups excluding carboxylic acids is 1. The van der Waals surface area contributed by atoms with Crippen molar-refractivity contribution in [2.75, 3.05) is 19.3 Å². The molecular formula is C21H28N4O3S. The molecule has 2 amide bonds. The van der Waals surface area contributed by atoms with Crippen molar-refractivity contribution in [1.82, 2.24) is 19.9 Å². The Morgan fingerprint density at radius 3 is 2.69 bits per heavy atom. The molecule has 1 aliphatic rings. The Hall–Kier alpha value is -2.45. The molecule has 1 fully saturated rings. The summed E-state index contributed by atoms with van der Waals surface area (Å²) in [7, 11) is -3.38. The number of hydrogen-bond acceptors (Lipinski definition) is 4. The molecule has 0 radical (unpaired) electrons. The number of urea groups is 1. The second-order valence-corrected chi connectivity index (χ2v) is 9.13. The molecule has 156 valence electrons. The minimum atomic E-state index is -3.38. The van der Waals surface area contributed by atoms with E-state index in [0.29, 0.717) is 25.9 Å². The van der Waals surface area contributed by atoms with Crippen LogP contribution in [0.3, 0.4) is 0 Å². The molecule has 2 atom stereocenters. The van der Waals surface area contributed by atoms with E-state index in [9.17, 15) is 13.2 Å². The smallest absolute Gasteiger partial charge is 0.317 e. The van der Waals surface area contributed by atoms with Crippen LogP contribution < -0.4 is 10.0 Å². The first kappa shape index (κ1) is 21.3. The molecule has 1 aliphatic heterocycles. The first-order valence-electron chi connectivity index (χ1n) is 9.89. The van der Waals surface area contributed by atoms with Crippen molar-refractivity contribution in [2.45, 2.75) is 38.3 Å². The fourth-order valence-electron chi connectivity index (χ4n) is 3.84. The van der Waals surface area contributed by atoms with Crippen LogP contribution in [0.5, 0.6) is 0 Å². The summed E-state index contributed by atoms with van der Waals surface area (Å²) >= 11 is 0. The van der Waals surface area contributed by atoms with E-state index < -0.39 is 10.0 Å². The minimum absolute atomic E-state index is 0.158. The van der Waals surface area contributed by atoms with Crippen molar-refractivity contribution >= 4 is 16.1 Å². The van der Waals surface area contributed by atoms with Gasteiger partial charge in [-0.1, -0.05) is 30.3 Å². The molecule has 2 heterocycles. The second kappa shape index (κ2) is 9.37. The van der Waals surface area contributed by atoms with Gasteiger partial charge in [0.25, 0.3) is 0 Å². The summed E-state index contributed by atoms with van der Waals surface area (Å²) in [5.74, 6) is 0. The van der Waals surface area contributed by atoms with Crippen LogP contribution in [0, 0.1) is 0 Å². The third-order valence-electron chi connectivity index (χ3n) is 5.07. The van der Waals surface area contributed by atoms with Gasteiger partial charge in [-0.05, 0) is 43.9 Å². The molecule has 0 unspecified atom stereocenters. The van der Waals surface area contributed by atoms with Gasteiger partial charge in [-0.25, -0.2) is 17.9 Å². The van der Waals surface area contributed by atoms with Gasteiger partial charge in [-0.15, -0.1) is 0 Å². The number of rotatable bonds is 6. The van der Waals surface area contributed by atoms with Crippen molar-refractivity contribution < 1.29 is 13.2 Å². The maximum Gasteiger partial charge on any atom is 0.317 e. The fraction of sp³-hybridized carbons (Fsp3) is 0.429. The van der Waals surface area contributed by atoms with Crippen LogP contribution in [0.25, 0.3) is 11.3 Å². The number of nitrogens with zero attached hydrogens (tertiary/aromatic N) is 2. The lowest BCUT2D eigenvalue weighted by atomic mass is 9.91. The molecule has 7 nitrogen and oxygen atoms in total. The van der Waals surface area contributed by atoms with Gasteiger partial charge in [0, 0.05) is 30.9 Å². The zero-order valence-corrected chi connectivity index (χ0v) is 17.7. The number of sulfonamides is 1. The topological polar surface area (TPSA) is 91.4 Å². The third-order valence-corrected chi connectivity index (χ3v) is 5.80. The van der Waals surface area contributed by atoms with Crippen molar-refractivity contribution in [3.8, 4) is 11.3 Å². The van der Waals surface area contributed by atoms with Gasteiger partial charge < -0.3 is 10.2 Å². The Balaban J connectivity index is 1.89. The SMILES string of the molecule is CCNC(=O)N1CCC[C@H](NS(C)(=O)=O)[C@@H]1Cc1ccnc(-c2ccccc2)c1. The number of likely N-dealkylation sites (tertiary alicyclic amines) is 1. The number of benzene rings is 1. The van der Waals surface area contributed by atoms with E-state index in [1.807, 2.05) is 49.4 Å². The maximum atomic E-state index is 12.6. The molecule has 1 aromatic heterocycles. The van der Waals surface area contributed by atoms with Gasteiger partial charge in [-0.3, -0.25) is 4.98 Å². The van der Waals surface area contributed by atoms with Gasteiger partial charge >= 0.3 is 6.03 Å². The van der Waals surface area contributed by atoms with E-state index in [4.69, 9.17) is 0 Å². The zero-order chi connectivity index (χ0) is 20.9. The van der Waals surface area contributed by atoms with Crippen LogP contribution >= 0.6 is 0 Å². The highest BCUT2D eigenvalue weighted by Gasteiger charge is 2.35. The number of piperidine rings is 1. The van der Waals surface area contributed by atoms with Crippen LogP contribution in [0.4, 0.5) is 4.79 Å². The molecule has 0 aliphatic carbocycles. The predicted molar refractivity (Wildman–Crippen MR) is 114 cm³/mol. The quantitative estimate of drug-likeness (QED) is 0.756. The molecule has 1 saturated heterocycles. The normalized spacial score (nSPS) is 19.7. The zero-order valence-electron chi connectivity index (χ0n) is 16.8. The van der Waals surface area contributed by atoms with Gasteiger partial charge in [0.1, 0.15) is 0 Å². The lowest BCUT2D eigenvalue weighted by Crippen LogP contribution is -2.59. The minimum Gasteiger partial charge on any atom is -0.338 e. The van der Waals surface area contributed by atoms with Crippen LogP contribution in [-0.2, 0) is 16.4 Å². The maximum absolute atomic E-state index is 12.6. The summed E-state index contributed by atoms with van der Waals surface area (Å²) in [5, 5.41) is 2.85. The summed E-state index contributed by atoms with van der Waals surface area (Å²) in [5.41, 5.74) is 2.89. The molecular weight excluding hydrogens is 388 g/mol. The molecule has 3 rings (SSSR count). The summed E-state index contributed by atoms with van der Waals surface area (Å²) in [4.78, 5) is 18.8. The van der Waals surface area contributed by atoms with Gasteiger partial charge in [-0.2, -0.15) is 0 Å². The van der Waals surface area contributed by atoms with E-state index in [1.165, 1.54) is 0 Å². The van der Waals surface area contributed by atoms with Crippen molar-refractivity contribution in [1.29, 1.82) is 0 Å². The Labute approximate surface area is 172 Å². The summed E-state index contributed by atoms with van der Waals surface area (Å²) < 4.78 is 26.5. The van der Waals surface area contributed by atoms with Crippen LogP contribution in [0.1, 0.15) is 25.3 Å². The highest BCUT2D eigenvalue weighted by molar-refractivity contribution is 7.88. The average Bonchev–Trinajstić information content (AvgIpc) is 2.69. The monoisotopic (exact) mass is 416 g/mol. The van der Waals surface area contributed by atoms with Gasteiger partial charge in [0.15, 0.2) is 0 Å². The summed E-state index contributed by atoms with van der Waals surface area (Å²) in [6, 6.07) is 13.1. The Bertz CT molecular complexity index is 934. The van der Waals surface area contributed by atoms with E-state index in [0.717, 1.165) is 29.5 Å². The number of aromatic nitrogens is 1. The van der Waals surface area contributed by atoms with Crippen molar-refractivity contribution in [3.63, 3.8) is 0 Å². The number of pyridine rings is 1. The van der Waals surface area contributed by atoms with E-state index in [-0.39, 0.29) is 18.1 Å². The lowest BCUT2D eigenvalue weighted by molar-refractivity contribution is 0.134. The van der Waals surface area contributed by atoms with Crippen molar-refractivity contribution in [2.24, 2.45) is 0 Å². The molecule has 0 bridgehead atoms. The molecule has 2 aromatic rings. The first-order chi connectivity index (χ1) is 13.9. The summed E-state index contributed by atoms with van der Waals surface area (Å²) in [6.07, 6.45) is 4.92. The standard InChI is InChI=1S/C21H28N4O3S/c1-3-22-21(26)25-13-7-10-18(24-29(2,27)28)20(25)15-16-11-12-23-19(14-16)17-8-5-4-6-9-17/h4-6,8-9,11-12,14,18,20,24H,3,7,10,13,15H2,1-2H3,(H,22,26)/t18-,20-/m0/s1. The number of nitrogens with one attached hydrogen (secondary N) is 2. The molecule has 0 saturated carbocycles. The van der Waals surface area contributed by atoms with Crippen LogP contribution in [0.2, 0.25) is 0 Å². The first-order valence-corrected chi connectivity index (χ1v) is 11.8. The molecule has 1 aromatic carbocycles. The Morgan fingerprint density at radius 1 is 1.24 bits per heavy atom. The Morgan fingerprint density at radius 2 is 2.00 bits per heavy atom. The number of hydrogen-bond donors (Lipinski definition) is 2. The highest BCUT2D eigenvalue weighted by Crippen LogP contribution is 2.24. The molecule has 0 spiro atoms. The molecule has 2 N–H and O–H groups in total. The lowest BCUT2D eigenvalue weighted by Gasteiger charge is -2.41. The largest absolute Gasteiger partial charge is 0.338 e. The van der Waals surface area contributed by atoms with Gasteiger partial charge in [0.05, 0.1) is 18.0 Å². The van der Waals surface area contributed by atoms with Gasteiger partial charge in [0.2, 0.25) is 10.0 Å². The predicted octanol–water partition coefficient (Wildman–Crippen LogP) is 2.40. The highest BCUT2D eigenvalue weighted by atomic mass is 32.2. The Kier molecular flexibility index (Phi) is 6.87. The van der Waals surface area contributed by atoms with Crippen molar-refractivity contribution in [3.05, 3.63) is 54.2 Å². The second-order valence-electron chi connectivity index (χ2n) is 7.35. The number of carbonyl (C=O) groups is 1. The third kappa shape index (κ3) is 5.77. The average molecular weight is 417 g/mol. The molecule has 29 heavy (non-hydrogen) atoms. The van der Waals surface area contributed by atoms with E-state index in [2.05, 4.69) is 15.0 Å².